The molecule has 0 bridgehead atoms. The van der Waals surface area contributed by atoms with Gasteiger partial charge in [0.1, 0.15) is 6.54 Å². The molecule has 4 rings (SSSR count). The highest BCUT2D eigenvalue weighted by Crippen LogP contribution is 2.28. The van der Waals surface area contributed by atoms with Gasteiger partial charge in [-0.1, -0.05) is 11.6 Å². The molecule has 40 heavy (non-hydrogen) atoms. The molecule has 0 aliphatic carbocycles. The number of methoxy groups -OCH3 is 1. The van der Waals surface area contributed by atoms with Crippen LogP contribution in [0.15, 0.2) is 47.4 Å². The van der Waals surface area contributed by atoms with Gasteiger partial charge in [0, 0.05) is 23.3 Å². The summed E-state index contributed by atoms with van der Waals surface area (Å²) < 4.78 is 88.4. The van der Waals surface area contributed by atoms with E-state index in [1.165, 1.54) is 24.3 Å². The van der Waals surface area contributed by atoms with E-state index < -0.39 is 61.1 Å². The zero-order chi connectivity index (χ0) is 29.2. The highest BCUT2D eigenvalue weighted by Gasteiger charge is 2.34. The highest BCUT2D eigenvalue weighted by atomic mass is 35.5. The molecule has 0 radical (unpaired) electrons. The third kappa shape index (κ3) is 6.59. The van der Waals surface area contributed by atoms with E-state index in [0.717, 1.165) is 34.7 Å². The lowest BCUT2D eigenvalue weighted by Gasteiger charge is -2.12. The third-order valence-corrected chi connectivity index (χ3v) is 5.38. The second-order valence-electron chi connectivity index (χ2n) is 7.92. The summed E-state index contributed by atoms with van der Waals surface area (Å²) in [6.45, 7) is -1.35. The summed E-state index contributed by atoms with van der Waals surface area (Å²) in [5, 5.41) is 8.42. The second kappa shape index (κ2) is 11.0. The molecule has 1 aromatic carbocycles. The number of rotatable bonds is 8. The molecule has 0 amide bonds. The van der Waals surface area contributed by atoms with Gasteiger partial charge in [0.05, 0.1) is 13.5 Å². The van der Waals surface area contributed by atoms with Crippen LogP contribution in [0.25, 0.3) is 17.2 Å². The Morgan fingerprint density at radius 1 is 1.05 bits per heavy atom. The van der Waals surface area contributed by atoms with Crippen LogP contribution in [0.2, 0.25) is 5.02 Å². The van der Waals surface area contributed by atoms with E-state index in [0.29, 0.717) is 9.70 Å². The van der Waals surface area contributed by atoms with Crippen molar-refractivity contribution in [3.63, 3.8) is 0 Å². The predicted octanol–water partition coefficient (Wildman–Crippen LogP) is 4.03. The van der Waals surface area contributed by atoms with E-state index in [1.807, 2.05) is 0 Å². The molecule has 3 aromatic heterocycles. The summed E-state index contributed by atoms with van der Waals surface area (Å²) in [6, 6.07) is 7.87. The number of pyridine rings is 1. The largest absolute Gasteiger partial charge is 0.573 e. The third-order valence-electron chi connectivity index (χ3n) is 5.13. The Morgan fingerprint density at radius 2 is 1.75 bits per heavy atom. The molecule has 0 aliphatic rings. The second-order valence-corrected chi connectivity index (χ2v) is 8.35. The minimum absolute atomic E-state index is 0.121. The first-order chi connectivity index (χ1) is 18.8. The normalized spacial score (nSPS) is 12.0. The number of aromatic nitrogens is 7. The van der Waals surface area contributed by atoms with E-state index in [1.54, 1.807) is 0 Å². The molecular weight excluding hydrogens is 576 g/mol. The van der Waals surface area contributed by atoms with Crippen LogP contribution >= 0.6 is 11.6 Å². The molecule has 11 nitrogen and oxygen atoms in total. The fraction of sp³-hybridized carbons (Fsp3) is 0.273. The minimum atomic E-state index is -5.11. The van der Waals surface area contributed by atoms with Crippen molar-refractivity contribution in [2.45, 2.75) is 32.0 Å². The molecule has 18 heteroatoms. The van der Waals surface area contributed by atoms with Gasteiger partial charge >= 0.3 is 24.2 Å². The maximum Gasteiger partial charge on any atom is 0.573 e. The Labute approximate surface area is 224 Å². The van der Waals surface area contributed by atoms with Crippen LogP contribution in [0, 0.1) is 0 Å². The number of ether oxygens (including phenoxy) is 2. The number of halogens is 7. The first-order valence-electron chi connectivity index (χ1n) is 11.0. The average molecular weight is 592 g/mol. The molecular formula is C22H16ClF6N7O4. The maximum absolute atomic E-state index is 13.1. The van der Waals surface area contributed by atoms with E-state index in [4.69, 9.17) is 11.6 Å². The van der Waals surface area contributed by atoms with Crippen molar-refractivity contribution in [2.24, 2.45) is 0 Å². The maximum atomic E-state index is 13.1. The Morgan fingerprint density at radius 3 is 2.38 bits per heavy atom. The van der Waals surface area contributed by atoms with Crippen molar-refractivity contribution < 1.29 is 40.6 Å². The van der Waals surface area contributed by atoms with Gasteiger partial charge in [-0.05, 0) is 36.4 Å². The van der Waals surface area contributed by atoms with Gasteiger partial charge in [-0.2, -0.15) is 17.9 Å². The van der Waals surface area contributed by atoms with Crippen molar-refractivity contribution in [1.29, 1.82) is 0 Å². The van der Waals surface area contributed by atoms with Crippen molar-refractivity contribution in [3.05, 3.63) is 69.8 Å². The fourth-order valence-corrected chi connectivity index (χ4v) is 3.60. The zero-order valence-electron chi connectivity index (χ0n) is 20.1. The van der Waals surface area contributed by atoms with Crippen molar-refractivity contribution >= 4 is 17.6 Å². The Kier molecular flexibility index (Phi) is 7.86. The monoisotopic (exact) mass is 591 g/mol. The molecule has 3 heterocycles. The topological polar surface area (TPSA) is 119 Å². The van der Waals surface area contributed by atoms with Gasteiger partial charge in [0.25, 0.3) is 0 Å². The number of carbonyl (C=O) groups excluding carboxylic acids is 1. The summed E-state index contributed by atoms with van der Waals surface area (Å²) in [4.78, 5) is 33.1. The standard InChI is InChI=1S/C22H16ClF6N7O4/c1-39-19(37)18-31-15(32-36(18)17-14(3-2-9-30-17)40-22(27,28)29)11-35-20(38)34(10-8-21(24,25)26)16(33-35)12-4-6-13(23)7-5-12/h2-7,9H,8,10-11H2,1H3. The lowest BCUT2D eigenvalue weighted by Crippen LogP contribution is -2.27. The molecule has 0 fully saturated rings. The zero-order valence-corrected chi connectivity index (χ0v) is 20.8. The lowest BCUT2D eigenvalue weighted by molar-refractivity contribution is -0.274. The first-order valence-corrected chi connectivity index (χ1v) is 11.4. The minimum Gasteiger partial charge on any atom is -0.463 e. The molecule has 0 spiro atoms. The number of esters is 1. The van der Waals surface area contributed by atoms with Crippen LogP contribution in [0.3, 0.4) is 0 Å². The molecule has 0 aliphatic heterocycles. The molecule has 0 saturated heterocycles. The summed E-state index contributed by atoms with van der Waals surface area (Å²) in [6.07, 6.45) is -9.92. The quantitative estimate of drug-likeness (QED) is 0.223. The van der Waals surface area contributed by atoms with Crippen molar-refractivity contribution in [2.75, 3.05) is 7.11 Å². The summed E-state index contributed by atoms with van der Waals surface area (Å²) >= 11 is 5.88. The molecule has 0 atom stereocenters. The molecule has 0 unspecified atom stereocenters. The predicted molar refractivity (Wildman–Crippen MR) is 124 cm³/mol. The summed E-state index contributed by atoms with van der Waals surface area (Å²) in [7, 11) is 0.984. The number of nitrogens with zero attached hydrogens (tertiary/aromatic N) is 7. The molecule has 4 aromatic rings. The van der Waals surface area contributed by atoms with Crippen molar-refractivity contribution in [1.82, 2.24) is 34.1 Å². The molecule has 212 valence electrons. The first kappa shape index (κ1) is 28.6. The van der Waals surface area contributed by atoms with Gasteiger partial charge in [-0.25, -0.2) is 24.2 Å². The van der Waals surface area contributed by atoms with Gasteiger partial charge in [-0.15, -0.1) is 23.4 Å². The molecule has 0 saturated carbocycles. The van der Waals surface area contributed by atoms with E-state index in [9.17, 15) is 35.9 Å². The average Bonchev–Trinajstić information content (AvgIpc) is 3.43. The van der Waals surface area contributed by atoms with Crippen LogP contribution in [0.1, 0.15) is 22.9 Å². The number of carbonyl (C=O) groups is 1. The van der Waals surface area contributed by atoms with Crippen LogP contribution in [-0.4, -0.2) is 59.7 Å². The van der Waals surface area contributed by atoms with E-state index >= 15 is 0 Å². The number of hydrogen-bond acceptors (Lipinski definition) is 8. The number of benzene rings is 1. The van der Waals surface area contributed by atoms with Gasteiger partial charge in [0.2, 0.25) is 5.82 Å². The number of hydrogen-bond donors (Lipinski definition) is 0. The van der Waals surface area contributed by atoms with Crippen LogP contribution in [0.4, 0.5) is 26.3 Å². The summed E-state index contributed by atoms with van der Waals surface area (Å²) in [5.41, 5.74) is -0.692. The van der Waals surface area contributed by atoms with Crippen LogP contribution in [0.5, 0.6) is 5.75 Å². The van der Waals surface area contributed by atoms with E-state index in [2.05, 4.69) is 29.6 Å². The lowest BCUT2D eigenvalue weighted by atomic mass is 10.2. The highest BCUT2D eigenvalue weighted by molar-refractivity contribution is 6.30. The van der Waals surface area contributed by atoms with Gasteiger partial charge in [-0.3, -0.25) is 4.57 Å². The van der Waals surface area contributed by atoms with Crippen molar-refractivity contribution in [3.8, 4) is 23.0 Å². The fourth-order valence-electron chi connectivity index (χ4n) is 3.47. The van der Waals surface area contributed by atoms with Crippen LogP contribution in [-0.2, 0) is 17.8 Å². The number of alkyl halides is 6. The van der Waals surface area contributed by atoms with Gasteiger partial charge in [0.15, 0.2) is 23.2 Å². The molecule has 0 N–H and O–H groups in total. The Bertz CT molecular complexity index is 1580. The Hall–Kier alpha value is -4.41. The van der Waals surface area contributed by atoms with E-state index in [-0.39, 0.29) is 17.2 Å². The Balaban J connectivity index is 1.78. The van der Waals surface area contributed by atoms with Gasteiger partial charge < -0.3 is 9.47 Å². The summed E-state index contributed by atoms with van der Waals surface area (Å²) in [5.74, 6) is -3.59. The van der Waals surface area contributed by atoms with Crippen LogP contribution < -0.4 is 10.4 Å². The smallest absolute Gasteiger partial charge is 0.463 e. The SMILES string of the molecule is COC(=O)c1nc(Cn2nc(-c3ccc(Cl)cc3)n(CCC(F)(F)F)c2=O)nn1-c1ncccc1OC(F)(F)F.